The standard InChI is InChI=1S/C14H27NO2/c1-5-14(6-2,13(16)17)15-12-8-7-10(3)11(4)9-12/h10-12,15H,5-9H2,1-4H3,(H,16,17). The SMILES string of the molecule is CCC(CC)(NC1CCC(C)C(C)C1)C(=O)O. The van der Waals surface area contributed by atoms with Crippen molar-refractivity contribution < 1.29 is 9.90 Å². The molecule has 0 bridgehead atoms. The fourth-order valence-corrected chi connectivity index (χ4v) is 2.89. The molecule has 2 N–H and O–H groups in total. The number of carboxylic acid groups (broad SMARTS) is 1. The van der Waals surface area contributed by atoms with E-state index < -0.39 is 11.5 Å². The summed E-state index contributed by atoms with van der Waals surface area (Å²) in [6.07, 6.45) is 4.73. The van der Waals surface area contributed by atoms with Crippen LogP contribution in [0.2, 0.25) is 0 Å². The highest BCUT2D eigenvalue weighted by Crippen LogP contribution is 2.31. The molecule has 1 aliphatic rings. The molecule has 1 saturated carbocycles. The summed E-state index contributed by atoms with van der Waals surface area (Å²) >= 11 is 0. The number of nitrogens with one attached hydrogen (secondary N) is 1. The van der Waals surface area contributed by atoms with Gasteiger partial charge in [-0.15, -0.1) is 0 Å². The lowest BCUT2D eigenvalue weighted by Gasteiger charge is -2.38. The van der Waals surface area contributed by atoms with E-state index in [0.29, 0.717) is 24.8 Å². The zero-order valence-electron chi connectivity index (χ0n) is 11.6. The minimum Gasteiger partial charge on any atom is -0.480 e. The summed E-state index contributed by atoms with van der Waals surface area (Å²) in [4.78, 5) is 11.4. The molecule has 3 unspecified atom stereocenters. The van der Waals surface area contributed by atoms with Crippen molar-refractivity contribution in [2.24, 2.45) is 11.8 Å². The molecule has 3 nitrogen and oxygen atoms in total. The summed E-state index contributed by atoms with van der Waals surface area (Å²) < 4.78 is 0. The summed E-state index contributed by atoms with van der Waals surface area (Å²) in [5, 5.41) is 12.8. The van der Waals surface area contributed by atoms with E-state index in [2.05, 4.69) is 19.2 Å². The van der Waals surface area contributed by atoms with Gasteiger partial charge in [0, 0.05) is 6.04 Å². The topological polar surface area (TPSA) is 49.3 Å². The third-order valence-corrected chi connectivity index (χ3v) is 4.70. The number of rotatable bonds is 5. The molecule has 0 aliphatic heterocycles. The normalized spacial score (nSPS) is 30.2. The maximum atomic E-state index is 11.4. The molecular weight excluding hydrogens is 214 g/mol. The number of hydrogen-bond acceptors (Lipinski definition) is 2. The van der Waals surface area contributed by atoms with Gasteiger partial charge in [-0.3, -0.25) is 10.1 Å². The number of carboxylic acids is 1. The molecule has 3 atom stereocenters. The van der Waals surface area contributed by atoms with Crippen LogP contribution in [0.5, 0.6) is 0 Å². The molecule has 0 amide bonds. The smallest absolute Gasteiger partial charge is 0.323 e. The molecule has 1 aliphatic carbocycles. The Morgan fingerprint density at radius 1 is 1.24 bits per heavy atom. The van der Waals surface area contributed by atoms with Gasteiger partial charge in [-0.25, -0.2) is 0 Å². The third kappa shape index (κ3) is 3.21. The molecule has 0 aromatic heterocycles. The first-order valence-corrected chi connectivity index (χ1v) is 6.96. The van der Waals surface area contributed by atoms with Crippen LogP contribution in [0.1, 0.15) is 59.8 Å². The van der Waals surface area contributed by atoms with Crippen molar-refractivity contribution in [2.75, 3.05) is 0 Å². The first-order valence-electron chi connectivity index (χ1n) is 6.96. The molecule has 0 saturated heterocycles. The summed E-state index contributed by atoms with van der Waals surface area (Å²) in [7, 11) is 0. The van der Waals surface area contributed by atoms with E-state index in [4.69, 9.17) is 0 Å². The Kier molecular flexibility index (Phi) is 4.99. The Bertz CT molecular complexity index is 261. The summed E-state index contributed by atoms with van der Waals surface area (Å²) in [5.74, 6) is 0.769. The van der Waals surface area contributed by atoms with Gasteiger partial charge >= 0.3 is 5.97 Å². The third-order valence-electron chi connectivity index (χ3n) is 4.70. The molecule has 3 heteroatoms. The van der Waals surface area contributed by atoms with Crippen LogP contribution in [0.3, 0.4) is 0 Å². The molecule has 0 aromatic carbocycles. The van der Waals surface area contributed by atoms with Crippen molar-refractivity contribution in [3.63, 3.8) is 0 Å². The van der Waals surface area contributed by atoms with E-state index in [1.165, 1.54) is 6.42 Å². The first kappa shape index (κ1) is 14.5. The van der Waals surface area contributed by atoms with Crippen LogP contribution in [0.4, 0.5) is 0 Å². The highest BCUT2D eigenvalue weighted by Gasteiger charge is 2.38. The second kappa shape index (κ2) is 5.85. The van der Waals surface area contributed by atoms with Gasteiger partial charge in [0.2, 0.25) is 0 Å². The highest BCUT2D eigenvalue weighted by atomic mass is 16.4. The van der Waals surface area contributed by atoms with Crippen LogP contribution in [0, 0.1) is 11.8 Å². The average molecular weight is 241 g/mol. The Morgan fingerprint density at radius 2 is 1.82 bits per heavy atom. The van der Waals surface area contributed by atoms with Crippen molar-refractivity contribution in [2.45, 2.75) is 71.4 Å². The quantitative estimate of drug-likeness (QED) is 0.778. The highest BCUT2D eigenvalue weighted by molar-refractivity contribution is 5.78. The van der Waals surface area contributed by atoms with Gasteiger partial charge < -0.3 is 5.11 Å². The zero-order valence-corrected chi connectivity index (χ0v) is 11.6. The molecule has 0 radical (unpaired) electrons. The maximum absolute atomic E-state index is 11.4. The van der Waals surface area contributed by atoms with Crippen molar-refractivity contribution in [3.05, 3.63) is 0 Å². The lowest BCUT2D eigenvalue weighted by atomic mass is 9.78. The number of aliphatic carboxylic acids is 1. The number of hydrogen-bond donors (Lipinski definition) is 2. The maximum Gasteiger partial charge on any atom is 0.323 e. The fourth-order valence-electron chi connectivity index (χ4n) is 2.89. The van der Waals surface area contributed by atoms with Crippen molar-refractivity contribution in [3.8, 4) is 0 Å². The Balaban J connectivity index is 2.65. The second-order valence-corrected chi connectivity index (χ2v) is 5.70. The van der Waals surface area contributed by atoms with E-state index in [1.54, 1.807) is 0 Å². The van der Waals surface area contributed by atoms with Gasteiger partial charge in [-0.05, 0) is 43.9 Å². The van der Waals surface area contributed by atoms with Crippen LogP contribution in [-0.4, -0.2) is 22.7 Å². The first-order chi connectivity index (χ1) is 7.95. The van der Waals surface area contributed by atoms with Crippen molar-refractivity contribution in [1.82, 2.24) is 5.32 Å². The molecule has 1 fully saturated rings. The van der Waals surface area contributed by atoms with Crippen LogP contribution in [0.15, 0.2) is 0 Å². The minimum absolute atomic E-state index is 0.372. The van der Waals surface area contributed by atoms with Gasteiger partial charge in [-0.1, -0.05) is 27.7 Å². The molecule has 100 valence electrons. The second-order valence-electron chi connectivity index (χ2n) is 5.70. The predicted octanol–water partition coefficient (Wildman–Crippen LogP) is 3.04. The summed E-state index contributed by atoms with van der Waals surface area (Å²) in [6.45, 7) is 8.49. The van der Waals surface area contributed by atoms with Crippen LogP contribution < -0.4 is 5.32 Å². The molecule has 0 aromatic rings. The van der Waals surface area contributed by atoms with E-state index >= 15 is 0 Å². The van der Waals surface area contributed by atoms with Gasteiger partial charge in [0.15, 0.2) is 0 Å². The van der Waals surface area contributed by atoms with Crippen LogP contribution in [0.25, 0.3) is 0 Å². The lowest BCUT2D eigenvalue weighted by molar-refractivity contribution is -0.146. The van der Waals surface area contributed by atoms with E-state index in [1.807, 2.05) is 13.8 Å². The minimum atomic E-state index is -0.717. The number of carbonyl (C=O) groups is 1. The van der Waals surface area contributed by atoms with E-state index in [9.17, 15) is 9.90 Å². The van der Waals surface area contributed by atoms with E-state index in [-0.39, 0.29) is 0 Å². The largest absolute Gasteiger partial charge is 0.480 e. The molecule has 0 heterocycles. The molecule has 1 rings (SSSR count). The lowest BCUT2D eigenvalue weighted by Crippen LogP contribution is -2.56. The van der Waals surface area contributed by atoms with E-state index in [0.717, 1.165) is 18.8 Å². The van der Waals surface area contributed by atoms with Gasteiger partial charge in [0.05, 0.1) is 0 Å². The molecule has 17 heavy (non-hydrogen) atoms. The monoisotopic (exact) mass is 241 g/mol. The van der Waals surface area contributed by atoms with Gasteiger partial charge in [0.25, 0.3) is 0 Å². The van der Waals surface area contributed by atoms with Crippen LogP contribution in [-0.2, 0) is 4.79 Å². The molecule has 0 spiro atoms. The fraction of sp³-hybridized carbons (Fsp3) is 0.929. The van der Waals surface area contributed by atoms with Crippen molar-refractivity contribution in [1.29, 1.82) is 0 Å². The Labute approximate surface area is 105 Å². The summed E-state index contributed by atoms with van der Waals surface area (Å²) in [5.41, 5.74) is -0.717. The molecular formula is C14H27NO2. The predicted molar refractivity (Wildman–Crippen MR) is 70.1 cm³/mol. The zero-order chi connectivity index (χ0) is 13.1. The Morgan fingerprint density at radius 3 is 2.24 bits per heavy atom. The van der Waals surface area contributed by atoms with Gasteiger partial charge in [0.1, 0.15) is 5.54 Å². The Hall–Kier alpha value is -0.570. The van der Waals surface area contributed by atoms with Gasteiger partial charge in [-0.2, -0.15) is 0 Å². The average Bonchev–Trinajstić information content (AvgIpc) is 2.30. The van der Waals surface area contributed by atoms with Crippen LogP contribution >= 0.6 is 0 Å². The summed E-state index contributed by atoms with van der Waals surface area (Å²) in [6, 6.07) is 0.372. The van der Waals surface area contributed by atoms with Crippen molar-refractivity contribution >= 4 is 5.97 Å².